The molecule has 0 atom stereocenters. The van der Waals surface area contributed by atoms with Crippen LogP contribution in [0.5, 0.6) is 5.75 Å². The van der Waals surface area contributed by atoms with Crippen LogP contribution in [0.25, 0.3) is 11.3 Å². The molecule has 10 heteroatoms. The standard InChI is InChI=1S/C22H26N6O4/c1-14(2)17-12-18(25-22(24-17)28-8-10-31-11-9-28)21(29)23-13-19-20(27-32-26-19)15-4-6-16(30-3)7-5-15/h4-7,12,14H,8-11,13H2,1-3H3,(H,23,29). The lowest BCUT2D eigenvalue weighted by molar-refractivity contribution is 0.0944. The largest absolute Gasteiger partial charge is 0.497 e. The molecule has 0 saturated carbocycles. The summed E-state index contributed by atoms with van der Waals surface area (Å²) < 4.78 is 15.5. The molecule has 0 aliphatic carbocycles. The van der Waals surface area contributed by atoms with E-state index in [-0.39, 0.29) is 18.4 Å². The minimum absolute atomic E-state index is 0.150. The molecule has 3 aromatic rings. The highest BCUT2D eigenvalue weighted by molar-refractivity contribution is 5.92. The van der Waals surface area contributed by atoms with Gasteiger partial charge in [-0.05, 0) is 41.4 Å². The van der Waals surface area contributed by atoms with Gasteiger partial charge in [-0.25, -0.2) is 14.6 Å². The monoisotopic (exact) mass is 438 g/mol. The van der Waals surface area contributed by atoms with Gasteiger partial charge in [0.15, 0.2) is 0 Å². The molecule has 32 heavy (non-hydrogen) atoms. The molecule has 168 valence electrons. The Morgan fingerprint density at radius 1 is 1.16 bits per heavy atom. The first kappa shape index (κ1) is 21.7. The van der Waals surface area contributed by atoms with Gasteiger partial charge >= 0.3 is 0 Å². The van der Waals surface area contributed by atoms with Crippen LogP contribution in [0.15, 0.2) is 35.0 Å². The van der Waals surface area contributed by atoms with Crippen molar-refractivity contribution in [2.45, 2.75) is 26.3 Å². The maximum absolute atomic E-state index is 12.9. The molecule has 1 aliphatic rings. The van der Waals surface area contributed by atoms with E-state index in [1.54, 1.807) is 13.2 Å². The number of rotatable bonds is 7. The molecule has 1 saturated heterocycles. The van der Waals surface area contributed by atoms with Gasteiger partial charge in [-0.15, -0.1) is 0 Å². The summed E-state index contributed by atoms with van der Waals surface area (Å²) in [5, 5.41) is 10.8. The average Bonchev–Trinajstić information content (AvgIpc) is 3.31. The van der Waals surface area contributed by atoms with Crippen LogP contribution in [-0.4, -0.2) is 59.6 Å². The number of nitrogens with one attached hydrogen (secondary N) is 1. The molecule has 0 radical (unpaired) electrons. The molecule has 2 aromatic heterocycles. The molecule has 0 unspecified atom stereocenters. The first-order valence-electron chi connectivity index (χ1n) is 10.5. The van der Waals surface area contributed by atoms with Crippen molar-refractivity contribution in [3.8, 4) is 17.0 Å². The van der Waals surface area contributed by atoms with Crippen molar-refractivity contribution in [1.82, 2.24) is 25.6 Å². The zero-order valence-corrected chi connectivity index (χ0v) is 18.4. The third-order valence-electron chi connectivity index (χ3n) is 5.19. The summed E-state index contributed by atoms with van der Waals surface area (Å²) in [6, 6.07) is 9.10. The fourth-order valence-electron chi connectivity index (χ4n) is 3.31. The van der Waals surface area contributed by atoms with Crippen molar-refractivity contribution in [2.75, 3.05) is 38.3 Å². The van der Waals surface area contributed by atoms with Gasteiger partial charge in [0, 0.05) is 24.3 Å². The number of ether oxygens (including phenoxy) is 2. The van der Waals surface area contributed by atoms with Crippen LogP contribution in [0.3, 0.4) is 0 Å². The molecule has 1 amide bonds. The van der Waals surface area contributed by atoms with Crippen LogP contribution >= 0.6 is 0 Å². The number of aromatic nitrogens is 4. The highest BCUT2D eigenvalue weighted by Gasteiger charge is 2.20. The van der Waals surface area contributed by atoms with Gasteiger partial charge in [0.05, 0.1) is 26.9 Å². The van der Waals surface area contributed by atoms with Crippen LogP contribution in [0, 0.1) is 0 Å². The Morgan fingerprint density at radius 2 is 1.91 bits per heavy atom. The molecule has 1 aromatic carbocycles. The minimum atomic E-state index is -0.313. The van der Waals surface area contributed by atoms with Crippen molar-refractivity contribution in [1.29, 1.82) is 0 Å². The molecule has 4 rings (SSSR count). The number of benzene rings is 1. The fourth-order valence-corrected chi connectivity index (χ4v) is 3.31. The molecule has 3 heterocycles. The Bertz CT molecular complexity index is 1060. The number of amides is 1. The Morgan fingerprint density at radius 3 is 2.59 bits per heavy atom. The van der Waals surface area contributed by atoms with E-state index in [1.807, 2.05) is 43.0 Å². The lowest BCUT2D eigenvalue weighted by Gasteiger charge is -2.27. The number of hydrogen-bond acceptors (Lipinski definition) is 9. The van der Waals surface area contributed by atoms with Gasteiger partial charge in [-0.1, -0.05) is 19.0 Å². The Kier molecular flexibility index (Phi) is 6.60. The van der Waals surface area contributed by atoms with Crippen molar-refractivity contribution < 1.29 is 18.9 Å². The first-order valence-corrected chi connectivity index (χ1v) is 10.5. The second-order valence-corrected chi connectivity index (χ2v) is 7.70. The lowest BCUT2D eigenvalue weighted by Crippen LogP contribution is -2.38. The minimum Gasteiger partial charge on any atom is -0.497 e. The Hall–Kier alpha value is -3.53. The van der Waals surface area contributed by atoms with Gasteiger partial charge in [0.1, 0.15) is 22.8 Å². The van der Waals surface area contributed by atoms with Crippen molar-refractivity contribution in [2.24, 2.45) is 0 Å². The molecule has 1 N–H and O–H groups in total. The van der Waals surface area contributed by atoms with Gasteiger partial charge < -0.3 is 19.7 Å². The summed E-state index contributed by atoms with van der Waals surface area (Å²) in [6.45, 7) is 6.84. The van der Waals surface area contributed by atoms with E-state index in [1.165, 1.54) is 0 Å². The zero-order valence-electron chi connectivity index (χ0n) is 18.4. The highest BCUT2D eigenvalue weighted by atomic mass is 16.6. The number of carbonyl (C=O) groups is 1. The predicted octanol–water partition coefficient (Wildman–Crippen LogP) is 2.43. The second-order valence-electron chi connectivity index (χ2n) is 7.70. The van der Waals surface area contributed by atoms with Crippen LogP contribution in [0.2, 0.25) is 0 Å². The fraction of sp³-hybridized carbons (Fsp3) is 0.409. The lowest BCUT2D eigenvalue weighted by atomic mass is 10.1. The van der Waals surface area contributed by atoms with E-state index in [0.717, 1.165) is 17.0 Å². The molecule has 0 spiro atoms. The molecule has 1 aliphatic heterocycles. The van der Waals surface area contributed by atoms with Crippen LogP contribution in [0.4, 0.5) is 5.95 Å². The SMILES string of the molecule is COc1ccc(-c2nonc2CNC(=O)c2cc(C(C)C)nc(N3CCOCC3)n2)cc1. The second kappa shape index (κ2) is 9.73. The van der Waals surface area contributed by atoms with E-state index in [4.69, 9.17) is 14.1 Å². The topological polar surface area (TPSA) is 116 Å². The third kappa shape index (κ3) is 4.86. The summed E-state index contributed by atoms with van der Waals surface area (Å²) in [7, 11) is 1.61. The van der Waals surface area contributed by atoms with Crippen LogP contribution < -0.4 is 15.0 Å². The highest BCUT2D eigenvalue weighted by Crippen LogP contribution is 2.23. The molecular weight excluding hydrogens is 412 g/mol. The Balaban J connectivity index is 1.51. The van der Waals surface area contributed by atoms with Gasteiger partial charge in [-0.2, -0.15) is 0 Å². The van der Waals surface area contributed by atoms with Crippen LogP contribution in [-0.2, 0) is 11.3 Å². The number of hydrogen-bond donors (Lipinski definition) is 1. The summed E-state index contributed by atoms with van der Waals surface area (Å²) in [4.78, 5) is 24.1. The summed E-state index contributed by atoms with van der Waals surface area (Å²) in [5.74, 6) is 1.13. The number of methoxy groups -OCH3 is 1. The average molecular weight is 438 g/mol. The third-order valence-corrected chi connectivity index (χ3v) is 5.19. The van der Waals surface area contributed by atoms with E-state index >= 15 is 0 Å². The number of nitrogens with zero attached hydrogens (tertiary/aromatic N) is 5. The Labute approximate surface area is 185 Å². The van der Waals surface area contributed by atoms with Crippen molar-refractivity contribution in [3.63, 3.8) is 0 Å². The predicted molar refractivity (Wildman–Crippen MR) is 117 cm³/mol. The number of carbonyl (C=O) groups excluding carboxylic acids is 1. The van der Waals surface area contributed by atoms with Crippen molar-refractivity contribution >= 4 is 11.9 Å². The molecule has 10 nitrogen and oxygen atoms in total. The smallest absolute Gasteiger partial charge is 0.270 e. The van der Waals surface area contributed by atoms with Gasteiger partial charge in [-0.3, -0.25) is 4.79 Å². The van der Waals surface area contributed by atoms with Crippen LogP contribution in [0.1, 0.15) is 41.6 Å². The molecule has 0 bridgehead atoms. The molecule has 1 fully saturated rings. The summed E-state index contributed by atoms with van der Waals surface area (Å²) in [6.07, 6.45) is 0. The maximum atomic E-state index is 12.9. The first-order chi connectivity index (χ1) is 15.5. The van der Waals surface area contributed by atoms with Gasteiger partial charge in [0.25, 0.3) is 5.91 Å². The van der Waals surface area contributed by atoms with Crippen molar-refractivity contribution in [3.05, 3.63) is 47.4 Å². The normalized spacial score (nSPS) is 13.9. The number of morpholine rings is 1. The van der Waals surface area contributed by atoms with E-state index in [9.17, 15) is 4.79 Å². The van der Waals surface area contributed by atoms with E-state index < -0.39 is 0 Å². The molecular formula is C22H26N6O4. The number of anilines is 1. The zero-order chi connectivity index (χ0) is 22.5. The quantitative estimate of drug-likeness (QED) is 0.594. The van der Waals surface area contributed by atoms with E-state index in [0.29, 0.717) is 49.3 Å². The maximum Gasteiger partial charge on any atom is 0.270 e. The summed E-state index contributed by atoms with van der Waals surface area (Å²) >= 11 is 0. The van der Waals surface area contributed by atoms with E-state index in [2.05, 4.69) is 25.6 Å². The summed E-state index contributed by atoms with van der Waals surface area (Å²) in [5.41, 5.74) is 3.03. The van der Waals surface area contributed by atoms with Gasteiger partial charge in [0.2, 0.25) is 5.95 Å².